The molecular formula is C14H17BrO2. The van der Waals surface area contributed by atoms with Crippen molar-refractivity contribution in [1.82, 2.24) is 0 Å². The van der Waals surface area contributed by atoms with Crippen molar-refractivity contribution in [2.24, 2.45) is 5.92 Å². The van der Waals surface area contributed by atoms with Gasteiger partial charge in [0.2, 0.25) is 0 Å². The highest BCUT2D eigenvalue weighted by Crippen LogP contribution is 2.33. The molecule has 0 aromatic heterocycles. The van der Waals surface area contributed by atoms with Gasteiger partial charge in [-0.2, -0.15) is 0 Å². The van der Waals surface area contributed by atoms with Crippen LogP contribution < -0.4 is 9.47 Å². The molecule has 1 atom stereocenters. The highest BCUT2D eigenvalue weighted by Gasteiger charge is 2.11. The number of ether oxygens (including phenoxy) is 2. The van der Waals surface area contributed by atoms with Crippen LogP contribution in [0, 0.1) is 17.8 Å². The van der Waals surface area contributed by atoms with Crippen molar-refractivity contribution < 1.29 is 9.47 Å². The maximum atomic E-state index is 5.37. The smallest absolute Gasteiger partial charge is 0.136 e. The molecule has 1 aromatic rings. The Hall–Kier alpha value is -1.14. The van der Waals surface area contributed by atoms with Gasteiger partial charge in [-0.15, -0.1) is 11.8 Å². The van der Waals surface area contributed by atoms with Gasteiger partial charge in [0.05, 0.1) is 18.7 Å². The molecule has 0 radical (unpaired) electrons. The Morgan fingerprint density at radius 1 is 1.24 bits per heavy atom. The van der Waals surface area contributed by atoms with Gasteiger partial charge in [0, 0.05) is 12.0 Å². The molecule has 0 bridgehead atoms. The maximum Gasteiger partial charge on any atom is 0.136 e. The lowest BCUT2D eigenvalue weighted by Gasteiger charge is -2.13. The summed E-state index contributed by atoms with van der Waals surface area (Å²) < 4.78 is 11.6. The molecule has 0 spiro atoms. The Kier molecular flexibility index (Phi) is 5.37. The van der Waals surface area contributed by atoms with E-state index >= 15 is 0 Å². The Balaban J connectivity index is 3.04. The Labute approximate surface area is 111 Å². The van der Waals surface area contributed by atoms with E-state index in [2.05, 4.69) is 34.7 Å². The third-order valence-corrected chi connectivity index (χ3v) is 3.09. The first-order valence-corrected chi connectivity index (χ1v) is 6.24. The molecule has 1 aromatic carbocycles. The first kappa shape index (κ1) is 13.9. The summed E-state index contributed by atoms with van der Waals surface area (Å²) >= 11 is 3.48. The zero-order valence-electron chi connectivity index (χ0n) is 10.6. The number of hydrogen-bond acceptors (Lipinski definition) is 2. The van der Waals surface area contributed by atoms with Gasteiger partial charge in [-0.05, 0) is 40.9 Å². The molecule has 92 valence electrons. The van der Waals surface area contributed by atoms with Crippen molar-refractivity contribution in [3.63, 3.8) is 0 Å². The summed E-state index contributed by atoms with van der Waals surface area (Å²) in [7, 11) is 3.31. The summed E-state index contributed by atoms with van der Waals surface area (Å²) in [5.74, 6) is 8.01. The lowest BCUT2D eigenvalue weighted by atomic mass is 10.0. The van der Waals surface area contributed by atoms with Crippen LogP contribution in [0.1, 0.15) is 19.4 Å². The monoisotopic (exact) mass is 296 g/mol. The van der Waals surface area contributed by atoms with Gasteiger partial charge in [0.25, 0.3) is 0 Å². The van der Waals surface area contributed by atoms with Gasteiger partial charge in [-0.25, -0.2) is 0 Å². The van der Waals surface area contributed by atoms with Crippen LogP contribution in [-0.2, 0) is 6.42 Å². The topological polar surface area (TPSA) is 18.5 Å². The third-order valence-electron chi connectivity index (χ3n) is 2.47. The van der Waals surface area contributed by atoms with E-state index in [1.165, 1.54) is 0 Å². The quantitative estimate of drug-likeness (QED) is 0.790. The van der Waals surface area contributed by atoms with Gasteiger partial charge in [0.1, 0.15) is 11.5 Å². The minimum atomic E-state index is 0.314. The third kappa shape index (κ3) is 3.67. The molecule has 0 saturated carbocycles. The number of methoxy groups -OCH3 is 2. The van der Waals surface area contributed by atoms with Crippen molar-refractivity contribution in [3.8, 4) is 23.3 Å². The lowest BCUT2D eigenvalue weighted by Crippen LogP contribution is -2.00. The highest BCUT2D eigenvalue weighted by molar-refractivity contribution is 9.10. The SMILES string of the molecule is CC#CC(C)Cc1cc(Br)c(OC)cc1OC. The summed E-state index contributed by atoms with van der Waals surface area (Å²) in [4.78, 5) is 0. The molecule has 0 heterocycles. The number of rotatable bonds is 4. The molecule has 0 aliphatic heterocycles. The summed E-state index contributed by atoms with van der Waals surface area (Å²) in [6.07, 6.45) is 0.868. The molecule has 0 aliphatic rings. The molecule has 3 heteroatoms. The first-order valence-electron chi connectivity index (χ1n) is 5.45. The fourth-order valence-electron chi connectivity index (χ4n) is 1.71. The number of benzene rings is 1. The van der Waals surface area contributed by atoms with Crippen molar-refractivity contribution in [2.75, 3.05) is 14.2 Å². The average molecular weight is 297 g/mol. The maximum absolute atomic E-state index is 5.37. The first-order chi connectivity index (χ1) is 8.12. The summed E-state index contributed by atoms with van der Waals surface area (Å²) in [6, 6.07) is 3.93. The van der Waals surface area contributed by atoms with Gasteiger partial charge in [-0.1, -0.05) is 6.92 Å². The second-order valence-electron chi connectivity index (χ2n) is 3.80. The Morgan fingerprint density at radius 2 is 1.88 bits per heavy atom. The molecule has 0 saturated heterocycles. The standard InChI is InChI=1S/C14H17BrO2/c1-5-6-10(2)7-11-8-12(15)14(17-4)9-13(11)16-3/h8-10H,7H2,1-4H3. The predicted molar refractivity (Wildman–Crippen MR) is 73.6 cm³/mol. The van der Waals surface area contributed by atoms with Crippen LogP contribution in [-0.4, -0.2) is 14.2 Å². The van der Waals surface area contributed by atoms with E-state index in [0.29, 0.717) is 5.92 Å². The van der Waals surface area contributed by atoms with E-state index in [1.807, 2.05) is 19.1 Å². The minimum Gasteiger partial charge on any atom is -0.496 e. The molecule has 0 fully saturated rings. The molecule has 0 aliphatic carbocycles. The van der Waals surface area contributed by atoms with Crippen molar-refractivity contribution >= 4 is 15.9 Å². The highest BCUT2D eigenvalue weighted by atomic mass is 79.9. The number of hydrogen-bond donors (Lipinski definition) is 0. The fraction of sp³-hybridized carbons (Fsp3) is 0.429. The van der Waals surface area contributed by atoms with E-state index in [0.717, 1.165) is 28.0 Å². The van der Waals surface area contributed by atoms with Gasteiger partial charge < -0.3 is 9.47 Å². The van der Waals surface area contributed by atoms with E-state index in [1.54, 1.807) is 14.2 Å². The van der Waals surface area contributed by atoms with E-state index in [9.17, 15) is 0 Å². The molecule has 0 N–H and O–H groups in total. The molecule has 1 rings (SSSR count). The molecular weight excluding hydrogens is 280 g/mol. The molecule has 2 nitrogen and oxygen atoms in total. The predicted octanol–water partition coefficient (Wildman–Crippen LogP) is 3.67. The van der Waals surface area contributed by atoms with Gasteiger partial charge >= 0.3 is 0 Å². The molecule has 0 amide bonds. The normalized spacial score (nSPS) is 11.4. The van der Waals surface area contributed by atoms with Gasteiger partial charge in [0.15, 0.2) is 0 Å². The Morgan fingerprint density at radius 3 is 2.41 bits per heavy atom. The zero-order valence-corrected chi connectivity index (χ0v) is 12.2. The molecule has 17 heavy (non-hydrogen) atoms. The van der Waals surface area contributed by atoms with E-state index < -0.39 is 0 Å². The van der Waals surface area contributed by atoms with Crippen LogP contribution in [0.5, 0.6) is 11.5 Å². The summed E-state index contributed by atoms with van der Waals surface area (Å²) in [5.41, 5.74) is 1.13. The zero-order chi connectivity index (χ0) is 12.8. The van der Waals surface area contributed by atoms with Crippen LogP contribution >= 0.6 is 15.9 Å². The van der Waals surface area contributed by atoms with Crippen molar-refractivity contribution in [1.29, 1.82) is 0 Å². The van der Waals surface area contributed by atoms with E-state index in [-0.39, 0.29) is 0 Å². The fourth-order valence-corrected chi connectivity index (χ4v) is 2.26. The van der Waals surface area contributed by atoms with Crippen molar-refractivity contribution in [3.05, 3.63) is 22.2 Å². The van der Waals surface area contributed by atoms with Crippen LogP contribution in [0.2, 0.25) is 0 Å². The lowest BCUT2D eigenvalue weighted by molar-refractivity contribution is 0.388. The second-order valence-corrected chi connectivity index (χ2v) is 4.65. The van der Waals surface area contributed by atoms with E-state index in [4.69, 9.17) is 9.47 Å². The summed E-state index contributed by atoms with van der Waals surface area (Å²) in [5, 5.41) is 0. The Bertz CT molecular complexity index is 444. The summed E-state index contributed by atoms with van der Waals surface area (Å²) in [6.45, 7) is 3.96. The largest absolute Gasteiger partial charge is 0.496 e. The van der Waals surface area contributed by atoms with Crippen LogP contribution in [0.4, 0.5) is 0 Å². The van der Waals surface area contributed by atoms with Crippen LogP contribution in [0.3, 0.4) is 0 Å². The minimum absolute atomic E-state index is 0.314. The van der Waals surface area contributed by atoms with Crippen molar-refractivity contribution in [2.45, 2.75) is 20.3 Å². The second kappa shape index (κ2) is 6.56. The van der Waals surface area contributed by atoms with Crippen LogP contribution in [0.15, 0.2) is 16.6 Å². The van der Waals surface area contributed by atoms with Gasteiger partial charge in [-0.3, -0.25) is 0 Å². The number of halogens is 1. The molecule has 1 unspecified atom stereocenters. The average Bonchev–Trinajstić information content (AvgIpc) is 2.29. The van der Waals surface area contributed by atoms with Crippen LogP contribution in [0.25, 0.3) is 0 Å².